The predicted octanol–water partition coefficient (Wildman–Crippen LogP) is 1.06. The molecule has 0 saturated carbocycles. The van der Waals surface area contributed by atoms with Crippen molar-refractivity contribution in [2.45, 2.75) is 25.4 Å². The highest BCUT2D eigenvalue weighted by Gasteiger charge is 2.23. The van der Waals surface area contributed by atoms with Gasteiger partial charge in [0, 0.05) is 30.6 Å². The Balaban J connectivity index is 0.00000242. The number of carbonyl (C=O) groups excluding carboxylic acids is 1. The number of fused-ring (bicyclic) bond motifs is 1. The lowest BCUT2D eigenvalue weighted by Crippen LogP contribution is -2.48. The number of aliphatic carboxylic acids is 1. The molecular formula is C15H20ClN3O3. The van der Waals surface area contributed by atoms with E-state index in [0.717, 1.165) is 16.5 Å². The molecule has 1 aromatic heterocycles. The number of amides is 1. The van der Waals surface area contributed by atoms with Crippen LogP contribution in [0.25, 0.3) is 10.9 Å². The van der Waals surface area contributed by atoms with Crippen LogP contribution < -0.4 is 11.1 Å². The van der Waals surface area contributed by atoms with Gasteiger partial charge in [-0.1, -0.05) is 18.2 Å². The van der Waals surface area contributed by atoms with Crippen LogP contribution in [0, 0.1) is 0 Å². The number of nitrogens with zero attached hydrogens (tertiary/aromatic N) is 1. The number of halogens is 1. The summed E-state index contributed by atoms with van der Waals surface area (Å²) in [4.78, 5) is 23.0. The van der Waals surface area contributed by atoms with Crippen molar-refractivity contribution in [1.82, 2.24) is 9.88 Å². The fourth-order valence-electron chi connectivity index (χ4n) is 2.31. The highest BCUT2D eigenvalue weighted by Crippen LogP contribution is 2.21. The van der Waals surface area contributed by atoms with Crippen LogP contribution in [0.1, 0.15) is 12.5 Å². The average molecular weight is 326 g/mol. The monoisotopic (exact) mass is 325 g/mol. The van der Waals surface area contributed by atoms with Crippen molar-refractivity contribution >= 4 is 35.2 Å². The first kappa shape index (κ1) is 18.0. The van der Waals surface area contributed by atoms with Crippen LogP contribution in [-0.2, 0) is 23.1 Å². The highest BCUT2D eigenvalue weighted by atomic mass is 35.5. The summed E-state index contributed by atoms with van der Waals surface area (Å²) in [6, 6.07) is 6.01. The number of aromatic nitrogens is 1. The quantitative estimate of drug-likeness (QED) is 0.765. The lowest BCUT2D eigenvalue weighted by molar-refractivity contribution is -0.141. The molecule has 2 aromatic rings. The smallest absolute Gasteiger partial charge is 0.326 e. The van der Waals surface area contributed by atoms with Crippen LogP contribution in [0.3, 0.4) is 0 Å². The van der Waals surface area contributed by atoms with Gasteiger partial charge in [0.2, 0.25) is 5.91 Å². The molecular weight excluding hydrogens is 306 g/mol. The van der Waals surface area contributed by atoms with E-state index in [1.54, 1.807) is 0 Å². The number of carbonyl (C=O) groups is 2. The Morgan fingerprint density at radius 1 is 1.36 bits per heavy atom. The molecule has 0 spiro atoms. The summed E-state index contributed by atoms with van der Waals surface area (Å²) in [6.07, 6.45) is 2.10. The fraction of sp³-hybridized carbons (Fsp3) is 0.333. The minimum Gasteiger partial charge on any atom is -0.480 e. The number of nitrogens with one attached hydrogen (secondary N) is 1. The van der Waals surface area contributed by atoms with Gasteiger partial charge in [-0.25, -0.2) is 4.79 Å². The van der Waals surface area contributed by atoms with Gasteiger partial charge in [-0.2, -0.15) is 0 Å². The summed E-state index contributed by atoms with van der Waals surface area (Å²) in [6.45, 7) is 1.52. The first-order valence-corrected chi connectivity index (χ1v) is 6.72. The molecule has 0 aliphatic heterocycles. The second-order valence-corrected chi connectivity index (χ2v) is 5.17. The van der Waals surface area contributed by atoms with Gasteiger partial charge < -0.3 is 20.7 Å². The second kappa shape index (κ2) is 7.29. The number of benzene rings is 1. The average Bonchev–Trinajstić information content (AvgIpc) is 2.75. The Bertz CT molecular complexity index is 682. The van der Waals surface area contributed by atoms with Crippen molar-refractivity contribution < 1.29 is 14.7 Å². The summed E-state index contributed by atoms with van der Waals surface area (Å²) < 4.78 is 1.94. The maximum absolute atomic E-state index is 11.6. The van der Waals surface area contributed by atoms with Gasteiger partial charge in [0.25, 0.3) is 0 Å². The van der Waals surface area contributed by atoms with Crippen LogP contribution in [0.15, 0.2) is 30.5 Å². The zero-order valence-corrected chi connectivity index (χ0v) is 13.3. The Hall–Kier alpha value is -2.05. The summed E-state index contributed by atoms with van der Waals surface area (Å²) in [5.74, 6) is -1.54. The molecule has 0 radical (unpaired) electrons. The largest absolute Gasteiger partial charge is 0.480 e. The van der Waals surface area contributed by atoms with Gasteiger partial charge >= 0.3 is 5.97 Å². The number of para-hydroxylation sites is 1. The summed E-state index contributed by atoms with van der Waals surface area (Å²) >= 11 is 0. The topological polar surface area (TPSA) is 97.4 Å². The van der Waals surface area contributed by atoms with Gasteiger partial charge in [-0.05, 0) is 18.6 Å². The molecule has 2 atom stereocenters. The standard InChI is InChI=1S/C15H19N3O3.ClH/c1-9(16)14(19)17-12(15(20)21)7-10-8-18(2)13-6-4-3-5-11(10)13;/h3-6,8-9,12H,7,16H2,1-2H3,(H,17,19)(H,20,21);1H/t9-,12+;/m0./s1. The van der Waals surface area contributed by atoms with Crippen LogP contribution in [0.4, 0.5) is 0 Å². The summed E-state index contributed by atoms with van der Waals surface area (Å²) in [5, 5.41) is 12.7. The molecule has 0 aliphatic rings. The molecule has 6 nitrogen and oxygen atoms in total. The van der Waals surface area contributed by atoms with Gasteiger partial charge in [0.05, 0.1) is 6.04 Å². The minimum absolute atomic E-state index is 0. The normalized spacial score (nSPS) is 13.2. The van der Waals surface area contributed by atoms with Crippen molar-refractivity contribution in [3.63, 3.8) is 0 Å². The number of rotatable bonds is 5. The van der Waals surface area contributed by atoms with E-state index in [9.17, 15) is 14.7 Å². The molecule has 0 unspecified atom stereocenters. The SMILES string of the molecule is C[C@H](N)C(=O)N[C@H](Cc1cn(C)c2ccccc12)C(=O)O.Cl. The lowest BCUT2D eigenvalue weighted by atomic mass is 10.0. The fourth-order valence-corrected chi connectivity index (χ4v) is 2.31. The summed E-state index contributed by atoms with van der Waals surface area (Å²) in [7, 11) is 1.90. The Morgan fingerprint density at radius 2 is 2.00 bits per heavy atom. The van der Waals surface area contributed by atoms with E-state index in [0.29, 0.717) is 0 Å². The Morgan fingerprint density at radius 3 is 2.59 bits per heavy atom. The zero-order chi connectivity index (χ0) is 15.6. The molecule has 0 saturated heterocycles. The van der Waals surface area contributed by atoms with Crippen LogP contribution in [-0.4, -0.2) is 33.6 Å². The highest BCUT2D eigenvalue weighted by molar-refractivity contribution is 5.88. The molecule has 22 heavy (non-hydrogen) atoms. The number of hydrogen-bond donors (Lipinski definition) is 3. The molecule has 1 amide bonds. The van der Waals surface area contributed by atoms with Crippen molar-refractivity contribution in [2.75, 3.05) is 0 Å². The molecule has 7 heteroatoms. The third-order valence-corrected chi connectivity index (χ3v) is 3.43. The second-order valence-electron chi connectivity index (χ2n) is 5.17. The van der Waals surface area contributed by atoms with Gasteiger partial charge in [-0.15, -0.1) is 12.4 Å². The van der Waals surface area contributed by atoms with Crippen molar-refractivity contribution in [3.8, 4) is 0 Å². The third kappa shape index (κ3) is 3.78. The van der Waals surface area contributed by atoms with E-state index < -0.39 is 24.0 Å². The van der Waals surface area contributed by atoms with Gasteiger partial charge in [0.15, 0.2) is 0 Å². The molecule has 1 heterocycles. The molecule has 2 rings (SSSR count). The molecule has 4 N–H and O–H groups in total. The number of carboxylic acid groups (broad SMARTS) is 1. The minimum atomic E-state index is -1.07. The number of carboxylic acids is 1. The van der Waals surface area contributed by atoms with Crippen LogP contribution in [0.2, 0.25) is 0 Å². The van der Waals surface area contributed by atoms with Crippen molar-refractivity contribution in [1.29, 1.82) is 0 Å². The number of nitrogens with two attached hydrogens (primary N) is 1. The Labute approximate surface area is 134 Å². The first-order chi connectivity index (χ1) is 9.90. The van der Waals surface area contributed by atoms with E-state index >= 15 is 0 Å². The predicted molar refractivity (Wildman–Crippen MR) is 87.1 cm³/mol. The van der Waals surface area contributed by atoms with E-state index in [4.69, 9.17) is 5.73 Å². The zero-order valence-electron chi connectivity index (χ0n) is 12.4. The van der Waals surface area contributed by atoms with Crippen molar-refractivity contribution in [3.05, 3.63) is 36.0 Å². The van der Waals surface area contributed by atoms with E-state index in [1.165, 1.54) is 6.92 Å². The van der Waals surface area contributed by atoms with Crippen molar-refractivity contribution in [2.24, 2.45) is 12.8 Å². The summed E-state index contributed by atoms with van der Waals surface area (Å²) in [5.41, 5.74) is 7.37. The molecule has 120 valence electrons. The van der Waals surface area contributed by atoms with Crippen LogP contribution >= 0.6 is 12.4 Å². The van der Waals surface area contributed by atoms with E-state index in [2.05, 4.69) is 5.32 Å². The first-order valence-electron chi connectivity index (χ1n) is 6.72. The van der Waals surface area contributed by atoms with E-state index in [-0.39, 0.29) is 18.8 Å². The maximum Gasteiger partial charge on any atom is 0.326 e. The maximum atomic E-state index is 11.6. The Kier molecular flexibility index (Phi) is 5.96. The molecule has 0 bridgehead atoms. The van der Waals surface area contributed by atoms with E-state index in [1.807, 2.05) is 42.1 Å². The van der Waals surface area contributed by atoms with Gasteiger partial charge in [-0.3, -0.25) is 4.79 Å². The lowest BCUT2D eigenvalue weighted by Gasteiger charge is -2.15. The number of hydrogen-bond acceptors (Lipinski definition) is 3. The van der Waals surface area contributed by atoms with Crippen LogP contribution in [0.5, 0.6) is 0 Å². The molecule has 1 aromatic carbocycles. The van der Waals surface area contributed by atoms with Gasteiger partial charge in [0.1, 0.15) is 6.04 Å². The number of aryl methyl sites for hydroxylation is 1. The third-order valence-electron chi connectivity index (χ3n) is 3.43. The molecule has 0 fully saturated rings. The molecule has 0 aliphatic carbocycles.